The molecule has 7 nitrogen and oxygen atoms in total. The molecule has 40 heavy (non-hydrogen) atoms. The van der Waals surface area contributed by atoms with Gasteiger partial charge in [0.05, 0.1) is 10.5 Å². The fraction of sp³-hybridized carbons (Fsp3) is 0.103. The zero-order valence-corrected chi connectivity index (χ0v) is 21.6. The molecule has 0 aliphatic rings. The van der Waals surface area contributed by atoms with Crippen LogP contribution < -0.4 is 4.74 Å². The number of nitrogens with one attached hydrogen (secondary N) is 1. The van der Waals surface area contributed by atoms with Crippen molar-refractivity contribution >= 4 is 21.9 Å². The summed E-state index contributed by atoms with van der Waals surface area (Å²) in [6.07, 6.45) is -4.97. The van der Waals surface area contributed by atoms with Crippen LogP contribution in [0.2, 0.25) is 0 Å². The normalized spacial score (nSPS) is 11.4. The van der Waals surface area contributed by atoms with Gasteiger partial charge >= 0.3 is 6.36 Å². The summed E-state index contributed by atoms with van der Waals surface area (Å²) in [5.41, 5.74) is 2.10. The molecule has 4 aromatic rings. The van der Waals surface area contributed by atoms with Crippen LogP contribution in [-0.2, 0) is 23.1 Å². The van der Waals surface area contributed by atoms with Crippen LogP contribution in [0.4, 0.5) is 13.2 Å². The summed E-state index contributed by atoms with van der Waals surface area (Å²) >= 11 is 0. The molecule has 0 heterocycles. The monoisotopic (exact) mass is 565 g/mol. The molecule has 0 aromatic heterocycles. The Balaban J connectivity index is 1.66. The number of rotatable bonds is 9. The van der Waals surface area contributed by atoms with Crippen LogP contribution in [0.15, 0.2) is 112 Å². The maximum atomic E-state index is 13.5. The summed E-state index contributed by atoms with van der Waals surface area (Å²) in [6, 6.07) is 28.6. The lowest BCUT2D eigenvalue weighted by molar-refractivity contribution is -0.274. The third-order valence-corrected chi connectivity index (χ3v) is 7.06. The van der Waals surface area contributed by atoms with Gasteiger partial charge in [-0.25, -0.2) is 5.41 Å². The zero-order chi connectivity index (χ0) is 28.8. The molecule has 0 unspecified atom stereocenters. The highest BCUT2D eigenvalue weighted by Crippen LogP contribution is 2.30. The SMILES string of the molecule is N=C=NS(=O)(=O)c1ccccc1-c1ccc(CN(Cc2ccccc2)C(=O)c2ccccc2OC(F)(F)F)cc1. The van der Waals surface area contributed by atoms with E-state index in [1.165, 1.54) is 35.2 Å². The van der Waals surface area contributed by atoms with Gasteiger partial charge in [-0.15, -0.1) is 13.2 Å². The Morgan fingerprint density at radius 2 is 1.40 bits per heavy atom. The van der Waals surface area contributed by atoms with Crippen molar-refractivity contribution in [3.8, 4) is 16.9 Å². The first kappa shape index (κ1) is 28.3. The van der Waals surface area contributed by atoms with E-state index in [4.69, 9.17) is 5.41 Å². The third kappa shape index (κ3) is 7.02. The summed E-state index contributed by atoms with van der Waals surface area (Å²) in [7, 11) is -4.13. The Morgan fingerprint density at radius 3 is 2.05 bits per heavy atom. The Labute approximate surface area is 228 Å². The molecule has 0 fully saturated rings. The molecule has 0 atom stereocenters. The van der Waals surface area contributed by atoms with Gasteiger partial charge in [0.1, 0.15) is 11.8 Å². The maximum absolute atomic E-state index is 13.5. The minimum Gasteiger partial charge on any atom is -0.405 e. The first-order valence-electron chi connectivity index (χ1n) is 11.8. The molecular formula is C29H22F3N3O4S. The summed E-state index contributed by atoms with van der Waals surface area (Å²) in [6.45, 7) is 0.164. The number of para-hydroxylation sites is 1. The summed E-state index contributed by atoms with van der Waals surface area (Å²) in [4.78, 5) is 14.9. The number of ether oxygens (including phenoxy) is 1. The van der Waals surface area contributed by atoms with Gasteiger partial charge in [-0.3, -0.25) is 4.79 Å². The number of nitrogens with zero attached hydrogens (tertiary/aromatic N) is 2. The van der Waals surface area contributed by atoms with Gasteiger partial charge in [0.15, 0.2) is 0 Å². The van der Waals surface area contributed by atoms with E-state index in [1.807, 2.05) is 6.07 Å². The molecule has 204 valence electrons. The highest BCUT2D eigenvalue weighted by Gasteiger charge is 2.33. The molecule has 0 saturated heterocycles. The predicted octanol–water partition coefficient (Wildman–Crippen LogP) is 6.54. The second kappa shape index (κ2) is 12.0. The molecule has 0 spiro atoms. The molecule has 0 bridgehead atoms. The number of halogens is 3. The average Bonchev–Trinajstić information content (AvgIpc) is 2.93. The Kier molecular flexibility index (Phi) is 8.47. The zero-order valence-electron chi connectivity index (χ0n) is 20.8. The van der Waals surface area contributed by atoms with Crippen molar-refractivity contribution in [2.75, 3.05) is 0 Å². The second-order valence-electron chi connectivity index (χ2n) is 8.56. The van der Waals surface area contributed by atoms with E-state index in [1.54, 1.807) is 66.7 Å². The van der Waals surface area contributed by atoms with Crippen LogP contribution in [-0.4, -0.2) is 31.6 Å². The van der Waals surface area contributed by atoms with Crippen LogP contribution in [0.25, 0.3) is 11.1 Å². The summed E-state index contributed by atoms with van der Waals surface area (Å²) < 4.78 is 71.2. The standard InChI is InChI=1S/C29H22F3N3O4S/c30-29(31,32)39-26-12-6-4-11-25(26)28(36)35(18-21-8-2-1-3-9-21)19-22-14-16-23(17-15-22)24-10-5-7-13-27(24)40(37,38)34-20-33/h1-17,33H,18-19H2. The van der Waals surface area contributed by atoms with Gasteiger partial charge in [0, 0.05) is 18.7 Å². The van der Waals surface area contributed by atoms with Gasteiger partial charge in [-0.05, 0) is 34.9 Å². The molecule has 0 aliphatic carbocycles. The van der Waals surface area contributed by atoms with Crippen LogP contribution >= 0.6 is 0 Å². The van der Waals surface area contributed by atoms with E-state index in [9.17, 15) is 26.4 Å². The number of carbonyl (C=O) groups is 1. The van der Waals surface area contributed by atoms with Gasteiger partial charge in [-0.2, -0.15) is 8.42 Å². The fourth-order valence-electron chi connectivity index (χ4n) is 4.08. The van der Waals surface area contributed by atoms with E-state index in [0.717, 1.165) is 11.6 Å². The van der Waals surface area contributed by atoms with Gasteiger partial charge in [0.25, 0.3) is 15.9 Å². The smallest absolute Gasteiger partial charge is 0.405 e. The van der Waals surface area contributed by atoms with Gasteiger partial charge in [0.2, 0.25) is 0 Å². The molecule has 4 rings (SSSR count). The lowest BCUT2D eigenvalue weighted by Gasteiger charge is -2.24. The van der Waals surface area contributed by atoms with Crippen molar-refractivity contribution < 1.29 is 31.1 Å². The number of benzene rings is 4. The highest BCUT2D eigenvalue weighted by atomic mass is 32.2. The number of amides is 1. The topological polar surface area (TPSA) is 99.9 Å². The Morgan fingerprint density at radius 1 is 0.825 bits per heavy atom. The molecular weight excluding hydrogens is 543 g/mol. The van der Waals surface area contributed by atoms with Crippen LogP contribution in [0.3, 0.4) is 0 Å². The molecule has 1 N–H and O–H groups in total. The molecule has 1 amide bonds. The Hall–Kier alpha value is -4.73. The van der Waals surface area contributed by atoms with Crippen molar-refractivity contribution in [2.45, 2.75) is 24.3 Å². The van der Waals surface area contributed by atoms with E-state index in [-0.39, 0.29) is 23.5 Å². The fourth-order valence-corrected chi connectivity index (χ4v) is 5.01. The maximum Gasteiger partial charge on any atom is 0.573 e. The minimum atomic E-state index is -4.97. The summed E-state index contributed by atoms with van der Waals surface area (Å²) in [5, 5.41) is 6.92. The highest BCUT2D eigenvalue weighted by molar-refractivity contribution is 7.90. The van der Waals surface area contributed by atoms with Crippen molar-refractivity contribution in [3.05, 3.63) is 120 Å². The molecule has 0 aliphatic heterocycles. The van der Waals surface area contributed by atoms with E-state index in [0.29, 0.717) is 16.7 Å². The minimum absolute atomic E-state index is 0.0480. The van der Waals surface area contributed by atoms with Crippen LogP contribution in [0.1, 0.15) is 21.5 Å². The number of hydrogen-bond acceptors (Lipinski definition) is 5. The molecule has 0 radical (unpaired) electrons. The van der Waals surface area contributed by atoms with Crippen molar-refractivity contribution in [2.24, 2.45) is 4.40 Å². The first-order chi connectivity index (χ1) is 19.1. The number of alkyl halides is 3. The van der Waals surface area contributed by atoms with Crippen LogP contribution in [0.5, 0.6) is 5.75 Å². The van der Waals surface area contributed by atoms with Crippen molar-refractivity contribution in [3.63, 3.8) is 0 Å². The lowest BCUT2D eigenvalue weighted by atomic mass is 10.0. The van der Waals surface area contributed by atoms with Gasteiger partial charge < -0.3 is 9.64 Å². The van der Waals surface area contributed by atoms with Crippen LogP contribution in [0, 0.1) is 5.41 Å². The van der Waals surface area contributed by atoms with E-state index < -0.39 is 28.0 Å². The quantitative estimate of drug-likeness (QED) is 0.233. The Bertz CT molecular complexity index is 1650. The van der Waals surface area contributed by atoms with E-state index >= 15 is 0 Å². The van der Waals surface area contributed by atoms with Crippen molar-refractivity contribution in [1.29, 1.82) is 5.41 Å². The molecule has 11 heteroatoms. The summed E-state index contributed by atoms with van der Waals surface area (Å²) in [5.74, 6) is -1.26. The number of sulfonamides is 1. The van der Waals surface area contributed by atoms with E-state index in [2.05, 4.69) is 9.13 Å². The number of carbonyl (C=O) groups excluding carboxylic acids is 1. The molecule has 4 aromatic carbocycles. The van der Waals surface area contributed by atoms with Gasteiger partial charge in [-0.1, -0.05) is 89.3 Å². The first-order valence-corrected chi connectivity index (χ1v) is 13.3. The second-order valence-corrected chi connectivity index (χ2v) is 10.1. The lowest BCUT2D eigenvalue weighted by Crippen LogP contribution is -2.31. The van der Waals surface area contributed by atoms with Crippen molar-refractivity contribution in [1.82, 2.24) is 4.90 Å². The third-order valence-electron chi connectivity index (χ3n) is 5.82. The predicted molar refractivity (Wildman–Crippen MR) is 142 cm³/mol. The largest absolute Gasteiger partial charge is 0.573 e. The number of hydrogen-bond donors (Lipinski definition) is 1. The average molecular weight is 566 g/mol. The molecule has 0 saturated carbocycles.